The van der Waals surface area contributed by atoms with Gasteiger partial charge in [0, 0.05) is 12.3 Å². The number of hydrogen-bond donors (Lipinski definition) is 5. The first kappa shape index (κ1) is 21.7. The smallest absolute Gasteiger partial charge is 0.387 e. The van der Waals surface area contributed by atoms with Gasteiger partial charge in [-0.25, -0.2) is 9.13 Å². The maximum Gasteiger partial charge on any atom is 0.481 e. The maximum absolute atomic E-state index is 11.4. The van der Waals surface area contributed by atoms with Crippen LogP contribution in [0.1, 0.15) is 6.23 Å². The van der Waals surface area contributed by atoms with Crippen molar-refractivity contribution in [3.63, 3.8) is 0 Å². The summed E-state index contributed by atoms with van der Waals surface area (Å²) >= 11 is 1.08. The van der Waals surface area contributed by atoms with Crippen LogP contribution >= 0.6 is 27.4 Å². The van der Waals surface area contributed by atoms with E-state index in [2.05, 4.69) is 13.8 Å². The van der Waals surface area contributed by atoms with Crippen molar-refractivity contribution in [1.82, 2.24) is 9.55 Å². The van der Waals surface area contributed by atoms with Gasteiger partial charge in [0.2, 0.25) is 0 Å². The summed E-state index contributed by atoms with van der Waals surface area (Å²) in [5, 5.41) is 20.3. The molecule has 1 aliphatic heterocycles. The van der Waals surface area contributed by atoms with E-state index in [9.17, 15) is 29.0 Å². The molecule has 26 heavy (non-hydrogen) atoms. The van der Waals surface area contributed by atoms with Crippen LogP contribution in [-0.4, -0.2) is 65.6 Å². The number of aliphatic hydroxyl groups excluding tert-OH is 2. The molecule has 2 heterocycles. The molecule has 1 saturated heterocycles. The first-order valence-corrected chi connectivity index (χ1v) is 11.1. The Morgan fingerprint density at radius 3 is 2.54 bits per heavy atom. The van der Waals surface area contributed by atoms with E-state index in [1.54, 1.807) is 6.26 Å². The molecule has 0 amide bonds. The van der Waals surface area contributed by atoms with E-state index in [-0.39, 0.29) is 5.16 Å². The van der Waals surface area contributed by atoms with E-state index in [0.717, 1.165) is 17.8 Å². The third-order valence-corrected chi connectivity index (χ3v) is 6.03. The van der Waals surface area contributed by atoms with Crippen molar-refractivity contribution in [2.75, 3.05) is 12.9 Å². The minimum absolute atomic E-state index is 0.188. The van der Waals surface area contributed by atoms with Crippen LogP contribution < -0.4 is 5.56 Å². The second kappa shape index (κ2) is 8.17. The summed E-state index contributed by atoms with van der Waals surface area (Å²) < 4.78 is 36.7. The van der Waals surface area contributed by atoms with Gasteiger partial charge in [-0.2, -0.15) is 9.29 Å². The van der Waals surface area contributed by atoms with Gasteiger partial charge in [-0.1, -0.05) is 11.8 Å². The molecule has 1 aromatic heterocycles. The second-order valence-corrected chi connectivity index (χ2v) is 8.65. The van der Waals surface area contributed by atoms with Crippen LogP contribution in [0, 0.1) is 0 Å². The van der Waals surface area contributed by atoms with Crippen LogP contribution in [-0.2, 0) is 22.7 Å². The number of phosphoric acid groups is 2. The van der Waals surface area contributed by atoms with Crippen LogP contribution in [0.3, 0.4) is 0 Å². The van der Waals surface area contributed by atoms with Gasteiger partial charge in [-0.3, -0.25) is 13.9 Å². The minimum atomic E-state index is -5.29. The summed E-state index contributed by atoms with van der Waals surface area (Å²) in [4.78, 5) is 41.3. The van der Waals surface area contributed by atoms with Crippen molar-refractivity contribution >= 4 is 27.4 Å². The van der Waals surface area contributed by atoms with Crippen molar-refractivity contribution < 1.29 is 47.6 Å². The van der Waals surface area contributed by atoms with Crippen LogP contribution in [0.4, 0.5) is 0 Å². The molecule has 0 aliphatic carbocycles. The van der Waals surface area contributed by atoms with Crippen LogP contribution in [0.15, 0.2) is 22.2 Å². The molecule has 1 aromatic rings. The zero-order chi connectivity index (χ0) is 19.7. The molecule has 0 spiro atoms. The van der Waals surface area contributed by atoms with E-state index in [4.69, 9.17) is 14.5 Å². The highest BCUT2D eigenvalue weighted by molar-refractivity contribution is 7.98. The fourth-order valence-corrected chi connectivity index (χ4v) is 4.32. The molecular formula is C10H16N2O11P2S. The fourth-order valence-electron chi connectivity index (χ4n) is 2.16. The Labute approximate surface area is 150 Å². The lowest BCUT2D eigenvalue weighted by molar-refractivity contribution is -0.0569. The number of nitrogens with zero attached hydrogens (tertiary/aromatic N) is 2. The summed E-state index contributed by atoms with van der Waals surface area (Å²) in [6, 6.07) is 1.11. The van der Waals surface area contributed by atoms with Gasteiger partial charge in [0.15, 0.2) is 11.4 Å². The third-order valence-electron chi connectivity index (χ3n) is 3.21. The van der Waals surface area contributed by atoms with Crippen molar-refractivity contribution in [1.29, 1.82) is 0 Å². The van der Waals surface area contributed by atoms with E-state index in [1.807, 2.05) is 0 Å². The van der Waals surface area contributed by atoms with Crippen LogP contribution in [0.5, 0.6) is 0 Å². The van der Waals surface area contributed by atoms with Crippen LogP contribution in [0.25, 0.3) is 0 Å². The highest BCUT2D eigenvalue weighted by Gasteiger charge is 2.45. The van der Waals surface area contributed by atoms with Crippen molar-refractivity contribution in [3.05, 3.63) is 22.6 Å². The van der Waals surface area contributed by atoms with Gasteiger partial charge in [0.25, 0.3) is 5.56 Å². The molecule has 5 N–H and O–H groups in total. The summed E-state index contributed by atoms with van der Waals surface area (Å²) in [7, 11) is -10.4. The number of thioether (sulfide) groups is 1. The summed E-state index contributed by atoms with van der Waals surface area (Å²) in [5.74, 6) is 0. The number of rotatable bonds is 7. The van der Waals surface area contributed by atoms with Crippen molar-refractivity contribution in [3.8, 4) is 0 Å². The third kappa shape index (κ3) is 5.44. The summed E-state index contributed by atoms with van der Waals surface area (Å²) in [6.45, 7) is -0.815. The van der Waals surface area contributed by atoms with Gasteiger partial charge in [0.1, 0.15) is 18.3 Å². The average Bonchev–Trinajstić information content (AvgIpc) is 2.79. The molecule has 5 atom stereocenters. The van der Waals surface area contributed by atoms with E-state index < -0.39 is 52.4 Å². The SMILES string of the molecule is CSc1nc(=O)ccn1[C@@H]1O[C@H](COP(=O)(O)OP(=O)(O)O)[C@@H](O)[C@H]1O. The molecule has 1 aliphatic rings. The monoisotopic (exact) mass is 434 g/mol. The minimum Gasteiger partial charge on any atom is -0.387 e. The van der Waals surface area contributed by atoms with Crippen molar-refractivity contribution in [2.45, 2.75) is 29.7 Å². The lowest BCUT2D eigenvalue weighted by Gasteiger charge is -2.20. The molecule has 16 heteroatoms. The van der Waals surface area contributed by atoms with E-state index in [0.29, 0.717) is 0 Å². The number of aromatic nitrogens is 2. The fraction of sp³-hybridized carbons (Fsp3) is 0.600. The first-order valence-electron chi connectivity index (χ1n) is 6.82. The zero-order valence-corrected chi connectivity index (χ0v) is 15.7. The number of phosphoric ester groups is 1. The predicted molar refractivity (Wildman–Crippen MR) is 85.1 cm³/mol. The molecule has 0 aromatic carbocycles. The normalized spacial score (nSPS) is 28.8. The Morgan fingerprint density at radius 2 is 1.96 bits per heavy atom. The largest absolute Gasteiger partial charge is 0.481 e. The van der Waals surface area contributed by atoms with Gasteiger partial charge in [0.05, 0.1) is 6.61 Å². The van der Waals surface area contributed by atoms with Gasteiger partial charge < -0.3 is 29.6 Å². The lowest BCUT2D eigenvalue weighted by Crippen LogP contribution is -2.34. The van der Waals surface area contributed by atoms with Gasteiger partial charge in [-0.05, 0) is 6.26 Å². The second-order valence-electron chi connectivity index (χ2n) is 5.04. The average molecular weight is 434 g/mol. The van der Waals surface area contributed by atoms with Gasteiger partial charge in [-0.15, -0.1) is 0 Å². The van der Waals surface area contributed by atoms with Crippen LogP contribution in [0.2, 0.25) is 0 Å². The Morgan fingerprint density at radius 1 is 1.31 bits per heavy atom. The van der Waals surface area contributed by atoms with Gasteiger partial charge >= 0.3 is 15.6 Å². The highest BCUT2D eigenvalue weighted by atomic mass is 32.2. The Balaban J connectivity index is 2.12. The van der Waals surface area contributed by atoms with Crippen molar-refractivity contribution in [2.24, 2.45) is 0 Å². The molecule has 0 saturated carbocycles. The molecule has 0 bridgehead atoms. The highest BCUT2D eigenvalue weighted by Crippen LogP contribution is 2.57. The molecule has 1 unspecified atom stereocenters. The lowest BCUT2D eigenvalue weighted by atomic mass is 10.1. The Bertz CT molecular complexity index is 797. The number of ether oxygens (including phenoxy) is 1. The molecule has 0 radical (unpaired) electrons. The zero-order valence-electron chi connectivity index (χ0n) is 13.1. The Kier molecular flexibility index (Phi) is 6.81. The molecule has 2 rings (SSSR count). The number of hydrogen-bond acceptors (Lipinski definition) is 10. The summed E-state index contributed by atoms with van der Waals surface area (Å²) in [6.07, 6.45) is -2.67. The number of aliphatic hydroxyl groups is 2. The molecule has 148 valence electrons. The first-order chi connectivity index (χ1) is 11.9. The maximum atomic E-state index is 11.4. The Hall–Kier alpha value is -0.630. The quantitative estimate of drug-likeness (QED) is 0.195. The summed E-state index contributed by atoms with van der Waals surface area (Å²) in [5.41, 5.74) is -0.519. The topological polar surface area (TPSA) is 198 Å². The standard InChI is InChI=1S/C10H16N2O11P2S/c1-26-10-11-6(13)2-3-12(10)9-8(15)7(14)5(22-9)4-21-25(19,20)23-24(16,17)18/h2-3,5,7-9,14-15H,4H2,1H3,(H,19,20)(H2,16,17,18)/t5-,7-,8-,9-/m1/s1. The molecule has 1 fully saturated rings. The van der Waals surface area contributed by atoms with E-state index in [1.165, 1.54) is 10.8 Å². The molecule has 13 nitrogen and oxygen atoms in total. The molecular weight excluding hydrogens is 418 g/mol. The predicted octanol–water partition coefficient (Wildman–Crippen LogP) is -1.19. The van der Waals surface area contributed by atoms with E-state index >= 15 is 0 Å².